The van der Waals surface area contributed by atoms with Crippen LogP contribution >= 0.6 is 0 Å². The van der Waals surface area contributed by atoms with E-state index in [9.17, 15) is 4.79 Å². The van der Waals surface area contributed by atoms with Gasteiger partial charge in [-0.15, -0.1) is 0 Å². The lowest BCUT2D eigenvalue weighted by molar-refractivity contribution is -0.138. The van der Waals surface area contributed by atoms with E-state index in [0.29, 0.717) is 23.5 Å². The Labute approximate surface area is 94.8 Å². The van der Waals surface area contributed by atoms with Gasteiger partial charge in [0.25, 0.3) is 0 Å². The minimum Gasteiger partial charge on any atom is -0.497 e. The van der Waals surface area contributed by atoms with Crippen LogP contribution < -0.4 is 9.47 Å². The molecule has 0 amide bonds. The van der Waals surface area contributed by atoms with E-state index in [-0.39, 0.29) is 0 Å². The van der Waals surface area contributed by atoms with Gasteiger partial charge >= 0.3 is 5.97 Å². The Bertz CT molecular complexity index is 373. The van der Waals surface area contributed by atoms with Crippen LogP contribution in [0, 0.1) is 0 Å². The molecule has 0 bridgehead atoms. The first-order valence-electron chi connectivity index (χ1n) is 5.08. The molecule has 0 aliphatic carbocycles. The highest BCUT2D eigenvalue weighted by molar-refractivity contribution is 5.77. The average molecular weight is 224 g/mol. The molecule has 16 heavy (non-hydrogen) atoms. The van der Waals surface area contributed by atoms with Crippen molar-refractivity contribution in [2.75, 3.05) is 14.2 Å². The Morgan fingerprint density at radius 1 is 1.38 bits per heavy atom. The molecule has 0 aliphatic rings. The summed E-state index contributed by atoms with van der Waals surface area (Å²) in [5.41, 5.74) is 0.650. The molecule has 1 aromatic carbocycles. The van der Waals surface area contributed by atoms with Gasteiger partial charge in [-0.2, -0.15) is 0 Å². The summed E-state index contributed by atoms with van der Waals surface area (Å²) in [7, 11) is 3.08. The second kappa shape index (κ2) is 5.39. The third kappa shape index (κ3) is 2.45. The third-order valence-corrected chi connectivity index (χ3v) is 2.52. The predicted octanol–water partition coefficient (Wildman–Crippen LogP) is 2.28. The molecular weight excluding hydrogens is 208 g/mol. The van der Waals surface area contributed by atoms with Crippen molar-refractivity contribution in [2.45, 2.75) is 19.3 Å². The summed E-state index contributed by atoms with van der Waals surface area (Å²) in [5.74, 6) is -0.204. The number of rotatable bonds is 5. The Balaban J connectivity index is 3.21. The van der Waals surface area contributed by atoms with Crippen molar-refractivity contribution in [3.8, 4) is 11.5 Å². The molecule has 0 aliphatic heterocycles. The lowest BCUT2D eigenvalue weighted by atomic mass is 9.95. The maximum atomic E-state index is 11.1. The van der Waals surface area contributed by atoms with E-state index in [4.69, 9.17) is 14.6 Å². The normalized spacial score (nSPS) is 11.9. The van der Waals surface area contributed by atoms with E-state index in [0.717, 1.165) is 0 Å². The molecular formula is C12H16O4. The monoisotopic (exact) mass is 224 g/mol. The number of carboxylic acids is 1. The van der Waals surface area contributed by atoms with Gasteiger partial charge < -0.3 is 14.6 Å². The summed E-state index contributed by atoms with van der Waals surface area (Å²) in [4.78, 5) is 11.1. The van der Waals surface area contributed by atoms with Crippen LogP contribution in [-0.4, -0.2) is 25.3 Å². The van der Waals surface area contributed by atoms with Crippen LogP contribution in [-0.2, 0) is 4.79 Å². The van der Waals surface area contributed by atoms with Gasteiger partial charge in [0, 0.05) is 5.56 Å². The molecule has 0 fully saturated rings. The van der Waals surface area contributed by atoms with Crippen molar-refractivity contribution >= 4 is 5.97 Å². The zero-order valence-corrected chi connectivity index (χ0v) is 9.69. The number of ether oxygens (including phenoxy) is 2. The molecule has 1 rings (SSSR count). The smallest absolute Gasteiger partial charge is 0.311 e. The number of hydrogen-bond acceptors (Lipinski definition) is 3. The van der Waals surface area contributed by atoms with E-state index < -0.39 is 11.9 Å². The Morgan fingerprint density at radius 3 is 2.50 bits per heavy atom. The number of aliphatic carboxylic acids is 1. The number of hydrogen-bond donors (Lipinski definition) is 1. The van der Waals surface area contributed by atoms with Crippen LogP contribution in [0.4, 0.5) is 0 Å². The molecule has 1 N–H and O–H groups in total. The van der Waals surface area contributed by atoms with Crippen LogP contribution in [0.1, 0.15) is 24.8 Å². The quantitative estimate of drug-likeness (QED) is 0.833. The third-order valence-electron chi connectivity index (χ3n) is 2.52. The number of benzene rings is 1. The summed E-state index contributed by atoms with van der Waals surface area (Å²) in [6.07, 6.45) is 0.513. The fourth-order valence-corrected chi connectivity index (χ4v) is 1.64. The minimum atomic E-state index is -0.853. The molecule has 1 atom stereocenters. The van der Waals surface area contributed by atoms with Gasteiger partial charge in [-0.1, -0.05) is 6.92 Å². The highest BCUT2D eigenvalue weighted by Crippen LogP contribution is 2.32. The van der Waals surface area contributed by atoms with Crippen molar-refractivity contribution < 1.29 is 19.4 Å². The molecule has 0 radical (unpaired) electrons. The van der Waals surface area contributed by atoms with Gasteiger partial charge in [-0.3, -0.25) is 4.79 Å². The zero-order chi connectivity index (χ0) is 12.1. The summed E-state index contributed by atoms with van der Waals surface area (Å²) in [5, 5.41) is 9.11. The van der Waals surface area contributed by atoms with E-state index in [2.05, 4.69) is 0 Å². The molecule has 88 valence electrons. The van der Waals surface area contributed by atoms with Gasteiger partial charge in [0.1, 0.15) is 11.5 Å². The summed E-state index contributed by atoms with van der Waals surface area (Å²) >= 11 is 0. The molecule has 1 unspecified atom stereocenters. The minimum absolute atomic E-state index is 0.513. The van der Waals surface area contributed by atoms with Crippen molar-refractivity contribution in [2.24, 2.45) is 0 Å². The van der Waals surface area contributed by atoms with Gasteiger partial charge in [-0.05, 0) is 24.6 Å². The molecule has 4 heteroatoms. The standard InChI is InChI=1S/C12H16O4/c1-4-9(12(13)14)10-7-8(15-2)5-6-11(10)16-3/h5-7,9H,4H2,1-3H3,(H,13,14). The lowest BCUT2D eigenvalue weighted by Crippen LogP contribution is -2.11. The highest BCUT2D eigenvalue weighted by Gasteiger charge is 2.22. The van der Waals surface area contributed by atoms with Crippen molar-refractivity contribution in [3.63, 3.8) is 0 Å². The van der Waals surface area contributed by atoms with Crippen molar-refractivity contribution in [1.29, 1.82) is 0 Å². The SMILES string of the molecule is CCC(C(=O)O)c1cc(OC)ccc1OC. The number of carboxylic acid groups (broad SMARTS) is 1. The van der Waals surface area contributed by atoms with Crippen LogP contribution in [0.2, 0.25) is 0 Å². The largest absolute Gasteiger partial charge is 0.497 e. The average Bonchev–Trinajstić information content (AvgIpc) is 2.29. The van der Waals surface area contributed by atoms with Crippen LogP contribution in [0.3, 0.4) is 0 Å². The second-order valence-corrected chi connectivity index (χ2v) is 3.41. The van der Waals surface area contributed by atoms with Gasteiger partial charge in [-0.25, -0.2) is 0 Å². The van der Waals surface area contributed by atoms with Crippen LogP contribution in [0.25, 0.3) is 0 Å². The summed E-state index contributed by atoms with van der Waals surface area (Å²) in [6, 6.07) is 5.18. The van der Waals surface area contributed by atoms with E-state index in [1.54, 1.807) is 25.3 Å². The summed E-state index contributed by atoms with van der Waals surface area (Å²) in [6.45, 7) is 1.83. The second-order valence-electron chi connectivity index (χ2n) is 3.41. The van der Waals surface area contributed by atoms with E-state index >= 15 is 0 Å². The van der Waals surface area contributed by atoms with Crippen LogP contribution in [0.15, 0.2) is 18.2 Å². The lowest BCUT2D eigenvalue weighted by Gasteiger charge is -2.15. The first-order valence-corrected chi connectivity index (χ1v) is 5.08. The molecule has 4 nitrogen and oxygen atoms in total. The molecule has 0 saturated heterocycles. The fraction of sp³-hybridized carbons (Fsp3) is 0.417. The van der Waals surface area contributed by atoms with E-state index in [1.807, 2.05) is 6.92 Å². The molecule has 0 aromatic heterocycles. The Kier molecular flexibility index (Phi) is 4.17. The fourth-order valence-electron chi connectivity index (χ4n) is 1.64. The van der Waals surface area contributed by atoms with Gasteiger partial charge in [0.05, 0.1) is 20.1 Å². The predicted molar refractivity (Wildman–Crippen MR) is 60.2 cm³/mol. The van der Waals surface area contributed by atoms with Crippen molar-refractivity contribution in [3.05, 3.63) is 23.8 Å². The Hall–Kier alpha value is -1.71. The topological polar surface area (TPSA) is 55.8 Å². The zero-order valence-electron chi connectivity index (χ0n) is 9.69. The van der Waals surface area contributed by atoms with Crippen molar-refractivity contribution in [1.82, 2.24) is 0 Å². The van der Waals surface area contributed by atoms with Gasteiger partial charge in [0.2, 0.25) is 0 Å². The molecule has 0 saturated carbocycles. The molecule has 1 aromatic rings. The maximum absolute atomic E-state index is 11.1. The first-order chi connectivity index (χ1) is 7.63. The Morgan fingerprint density at radius 2 is 2.06 bits per heavy atom. The summed E-state index contributed by atoms with van der Waals surface area (Å²) < 4.78 is 10.2. The van der Waals surface area contributed by atoms with Gasteiger partial charge in [0.15, 0.2) is 0 Å². The van der Waals surface area contributed by atoms with E-state index in [1.165, 1.54) is 7.11 Å². The maximum Gasteiger partial charge on any atom is 0.311 e. The number of carbonyl (C=O) groups is 1. The molecule has 0 spiro atoms. The highest BCUT2D eigenvalue weighted by atomic mass is 16.5. The number of methoxy groups -OCH3 is 2. The molecule has 0 heterocycles. The van der Waals surface area contributed by atoms with Crippen LogP contribution in [0.5, 0.6) is 11.5 Å². The first kappa shape index (κ1) is 12.4.